The maximum atomic E-state index is 11.8. The van der Waals surface area contributed by atoms with Crippen LogP contribution in [0.4, 0.5) is 5.69 Å². The molecule has 21 heavy (non-hydrogen) atoms. The molecule has 0 unspecified atom stereocenters. The number of oxazole rings is 1. The van der Waals surface area contributed by atoms with Gasteiger partial charge in [-0.2, -0.15) is 0 Å². The fourth-order valence-electron chi connectivity index (χ4n) is 2.06. The fraction of sp³-hybridized carbons (Fsp3) is 0.400. The number of nitrogens with one attached hydrogen (secondary N) is 1. The largest absolute Gasteiger partial charge is 0.446 e. The van der Waals surface area contributed by atoms with Gasteiger partial charge in [-0.15, -0.1) is 0 Å². The average Bonchev–Trinajstić information content (AvgIpc) is 2.76. The van der Waals surface area contributed by atoms with E-state index in [-0.39, 0.29) is 5.75 Å². The number of nitrogens with zero attached hydrogens (tertiary/aromatic N) is 1. The summed E-state index contributed by atoms with van der Waals surface area (Å²) in [6, 6.07) is 7.15. The number of anilines is 1. The average molecular weight is 308 g/mol. The zero-order chi connectivity index (χ0) is 15.5. The molecular weight excluding hydrogens is 288 g/mol. The molecule has 6 heteroatoms. The minimum absolute atomic E-state index is 0.146. The maximum absolute atomic E-state index is 11.8. The van der Waals surface area contributed by atoms with Crippen molar-refractivity contribution < 1.29 is 12.8 Å². The highest BCUT2D eigenvalue weighted by molar-refractivity contribution is 7.92. The molecule has 1 heterocycles. The van der Waals surface area contributed by atoms with Crippen LogP contribution in [-0.2, 0) is 10.0 Å². The van der Waals surface area contributed by atoms with E-state index in [0.29, 0.717) is 18.0 Å². The number of sulfonamides is 1. The molecule has 0 saturated heterocycles. The Bertz CT molecular complexity index is 703. The molecule has 114 valence electrons. The molecule has 0 atom stereocenters. The number of rotatable bonds is 6. The van der Waals surface area contributed by atoms with Gasteiger partial charge in [0.15, 0.2) is 5.89 Å². The van der Waals surface area contributed by atoms with Crippen molar-refractivity contribution >= 4 is 15.7 Å². The molecule has 2 aromatic rings. The lowest BCUT2D eigenvalue weighted by Crippen LogP contribution is -2.16. The third-order valence-electron chi connectivity index (χ3n) is 3.10. The minimum atomic E-state index is -3.26. The number of benzene rings is 1. The first-order chi connectivity index (χ1) is 9.91. The number of hydrogen-bond acceptors (Lipinski definition) is 4. The van der Waals surface area contributed by atoms with Crippen LogP contribution in [0, 0.1) is 13.8 Å². The van der Waals surface area contributed by atoms with E-state index in [1.165, 1.54) is 0 Å². The van der Waals surface area contributed by atoms with Crippen molar-refractivity contribution in [3.63, 3.8) is 0 Å². The minimum Gasteiger partial charge on any atom is -0.446 e. The van der Waals surface area contributed by atoms with Crippen LogP contribution in [-0.4, -0.2) is 19.2 Å². The first kappa shape index (κ1) is 15.6. The number of aryl methyl sites for hydroxylation is 2. The molecule has 2 rings (SSSR count). The molecule has 0 spiro atoms. The second kappa shape index (κ2) is 6.30. The monoisotopic (exact) mass is 308 g/mol. The third-order valence-corrected chi connectivity index (χ3v) is 4.47. The second-order valence-corrected chi connectivity index (χ2v) is 6.83. The van der Waals surface area contributed by atoms with E-state index in [9.17, 15) is 8.42 Å². The van der Waals surface area contributed by atoms with Gasteiger partial charge in [0.05, 0.1) is 5.75 Å². The maximum Gasteiger partial charge on any atom is 0.232 e. The Balaban J connectivity index is 2.14. The summed E-state index contributed by atoms with van der Waals surface area (Å²) in [5, 5.41) is 0. The highest BCUT2D eigenvalue weighted by Gasteiger charge is 2.11. The van der Waals surface area contributed by atoms with Crippen LogP contribution in [0.3, 0.4) is 0 Å². The summed E-state index contributed by atoms with van der Waals surface area (Å²) in [6.07, 6.45) is 1.51. The molecule has 1 aromatic heterocycles. The highest BCUT2D eigenvalue weighted by Crippen LogP contribution is 2.24. The molecule has 0 saturated carbocycles. The molecule has 0 radical (unpaired) electrons. The van der Waals surface area contributed by atoms with Crippen molar-refractivity contribution in [2.45, 2.75) is 33.6 Å². The smallest absolute Gasteiger partial charge is 0.232 e. The standard InChI is InChI=1S/C15H20N2O3S/c1-4-5-10-21(18,19)17-14-8-6-13(7-9-14)15-11(2)20-12(3)16-15/h6-9,17H,4-5,10H2,1-3H3. The lowest BCUT2D eigenvalue weighted by Gasteiger charge is -2.08. The van der Waals surface area contributed by atoms with Crippen molar-refractivity contribution in [3.8, 4) is 11.3 Å². The van der Waals surface area contributed by atoms with E-state index in [1.807, 2.05) is 26.0 Å². The molecule has 5 nitrogen and oxygen atoms in total. The van der Waals surface area contributed by atoms with E-state index < -0.39 is 10.0 Å². The van der Waals surface area contributed by atoms with Crippen molar-refractivity contribution in [2.24, 2.45) is 0 Å². The van der Waals surface area contributed by atoms with Gasteiger partial charge in [0.25, 0.3) is 0 Å². The SMILES string of the molecule is CCCCS(=O)(=O)Nc1ccc(-c2nc(C)oc2C)cc1. The Morgan fingerprint density at radius 3 is 2.38 bits per heavy atom. The topological polar surface area (TPSA) is 72.2 Å². The summed E-state index contributed by atoms with van der Waals surface area (Å²) in [4.78, 5) is 4.32. The van der Waals surface area contributed by atoms with Gasteiger partial charge in [-0.25, -0.2) is 13.4 Å². The van der Waals surface area contributed by atoms with Gasteiger partial charge in [0.2, 0.25) is 10.0 Å². The van der Waals surface area contributed by atoms with Crippen LogP contribution in [0.15, 0.2) is 28.7 Å². The molecular formula is C15H20N2O3S. The third kappa shape index (κ3) is 4.07. The summed E-state index contributed by atoms with van der Waals surface area (Å²) in [5.74, 6) is 1.52. The molecule has 0 aliphatic carbocycles. The molecule has 0 bridgehead atoms. The van der Waals surface area contributed by atoms with Crippen molar-refractivity contribution in [3.05, 3.63) is 35.9 Å². The first-order valence-electron chi connectivity index (χ1n) is 6.96. The summed E-state index contributed by atoms with van der Waals surface area (Å²) in [6.45, 7) is 5.62. The van der Waals surface area contributed by atoms with E-state index in [4.69, 9.17) is 4.42 Å². The molecule has 0 aliphatic heterocycles. The van der Waals surface area contributed by atoms with Crippen LogP contribution in [0.1, 0.15) is 31.4 Å². The number of aromatic nitrogens is 1. The molecule has 0 amide bonds. The van der Waals surface area contributed by atoms with Gasteiger partial charge in [-0.1, -0.05) is 25.5 Å². The van der Waals surface area contributed by atoms with E-state index >= 15 is 0 Å². The highest BCUT2D eigenvalue weighted by atomic mass is 32.2. The Labute approximate surface area is 125 Å². The van der Waals surface area contributed by atoms with Gasteiger partial charge >= 0.3 is 0 Å². The normalized spacial score (nSPS) is 11.6. The Kier molecular flexibility index (Phi) is 4.67. The number of hydrogen-bond donors (Lipinski definition) is 1. The van der Waals surface area contributed by atoms with Gasteiger partial charge in [0, 0.05) is 18.2 Å². The van der Waals surface area contributed by atoms with Gasteiger partial charge < -0.3 is 4.42 Å². The van der Waals surface area contributed by atoms with Crippen LogP contribution in [0.5, 0.6) is 0 Å². The summed E-state index contributed by atoms with van der Waals surface area (Å²) in [5.41, 5.74) is 2.25. The summed E-state index contributed by atoms with van der Waals surface area (Å²) in [7, 11) is -3.26. The van der Waals surface area contributed by atoms with E-state index in [0.717, 1.165) is 23.4 Å². The van der Waals surface area contributed by atoms with Crippen molar-refractivity contribution in [1.29, 1.82) is 0 Å². The Morgan fingerprint density at radius 1 is 1.19 bits per heavy atom. The zero-order valence-electron chi connectivity index (χ0n) is 12.5. The van der Waals surface area contributed by atoms with Crippen molar-refractivity contribution in [1.82, 2.24) is 4.98 Å². The van der Waals surface area contributed by atoms with Gasteiger partial charge in [0.1, 0.15) is 11.5 Å². The number of unbranched alkanes of at least 4 members (excludes halogenated alkanes) is 1. The fourth-order valence-corrected chi connectivity index (χ4v) is 3.32. The van der Waals surface area contributed by atoms with Gasteiger partial charge in [-0.05, 0) is 25.5 Å². The Morgan fingerprint density at radius 2 is 1.86 bits per heavy atom. The Hall–Kier alpha value is -1.82. The zero-order valence-corrected chi connectivity index (χ0v) is 13.3. The summed E-state index contributed by atoms with van der Waals surface area (Å²) >= 11 is 0. The lowest BCUT2D eigenvalue weighted by molar-refractivity contribution is 0.495. The van der Waals surface area contributed by atoms with Crippen LogP contribution in [0.2, 0.25) is 0 Å². The predicted molar refractivity (Wildman–Crippen MR) is 83.7 cm³/mol. The van der Waals surface area contributed by atoms with Crippen LogP contribution in [0.25, 0.3) is 11.3 Å². The molecule has 1 aromatic carbocycles. The van der Waals surface area contributed by atoms with Crippen LogP contribution >= 0.6 is 0 Å². The molecule has 0 fully saturated rings. The summed E-state index contributed by atoms with van der Waals surface area (Å²) < 4.78 is 31.6. The lowest BCUT2D eigenvalue weighted by atomic mass is 10.1. The molecule has 1 N–H and O–H groups in total. The van der Waals surface area contributed by atoms with Crippen molar-refractivity contribution in [2.75, 3.05) is 10.5 Å². The van der Waals surface area contributed by atoms with E-state index in [1.54, 1.807) is 19.1 Å². The first-order valence-corrected chi connectivity index (χ1v) is 8.61. The van der Waals surface area contributed by atoms with Gasteiger partial charge in [-0.3, -0.25) is 4.72 Å². The van der Waals surface area contributed by atoms with E-state index in [2.05, 4.69) is 9.71 Å². The molecule has 0 aliphatic rings. The second-order valence-electron chi connectivity index (χ2n) is 4.99. The predicted octanol–water partition coefficient (Wildman–Crippen LogP) is 3.50. The van der Waals surface area contributed by atoms with Crippen LogP contribution < -0.4 is 4.72 Å². The quantitative estimate of drug-likeness (QED) is 0.886.